The fourth-order valence-electron chi connectivity index (χ4n) is 2.84. The summed E-state index contributed by atoms with van der Waals surface area (Å²) in [4.78, 5) is 14.4. The molecule has 19 heavy (non-hydrogen) atoms. The van der Waals surface area contributed by atoms with E-state index in [2.05, 4.69) is 6.92 Å². The van der Waals surface area contributed by atoms with Crippen molar-refractivity contribution in [3.05, 3.63) is 35.1 Å². The van der Waals surface area contributed by atoms with E-state index in [0.717, 1.165) is 18.4 Å². The average Bonchev–Trinajstić information content (AvgIpc) is 2.40. The lowest BCUT2D eigenvalue weighted by Crippen LogP contribution is -2.51. The molecule has 1 fully saturated rings. The average molecular weight is 264 g/mol. The molecular formula is C15H21FN2O. The van der Waals surface area contributed by atoms with Crippen molar-refractivity contribution in [3.63, 3.8) is 0 Å². The molecule has 1 aromatic carbocycles. The first-order chi connectivity index (χ1) is 9.04. The number of carbonyl (C=O) groups excluding carboxylic acids is 1. The number of benzene rings is 1. The van der Waals surface area contributed by atoms with Gasteiger partial charge in [-0.1, -0.05) is 13.0 Å². The van der Waals surface area contributed by atoms with Crippen LogP contribution in [0.3, 0.4) is 0 Å². The minimum atomic E-state index is -0.372. The zero-order valence-corrected chi connectivity index (χ0v) is 11.5. The van der Waals surface area contributed by atoms with E-state index in [0.29, 0.717) is 24.6 Å². The first kappa shape index (κ1) is 14.0. The van der Waals surface area contributed by atoms with Gasteiger partial charge in [0.2, 0.25) is 0 Å². The normalized spacial score (nSPS) is 23.5. The number of nitrogens with two attached hydrogens (primary N) is 1. The highest BCUT2D eigenvalue weighted by Crippen LogP contribution is 2.25. The molecule has 0 aromatic heterocycles. The van der Waals surface area contributed by atoms with Crippen LogP contribution in [0, 0.1) is 18.7 Å². The number of rotatable bonds is 2. The zero-order chi connectivity index (χ0) is 14.0. The van der Waals surface area contributed by atoms with Crippen LogP contribution in [0.15, 0.2) is 18.2 Å². The summed E-state index contributed by atoms with van der Waals surface area (Å²) in [6.07, 6.45) is 2.07. The molecule has 2 unspecified atom stereocenters. The van der Waals surface area contributed by atoms with Crippen LogP contribution in [0.2, 0.25) is 0 Å². The van der Waals surface area contributed by atoms with Crippen molar-refractivity contribution in [2.24, 2.45) is 11.7 Å². The molecule has 2 rings (SSSR count). The van der Waals surface area contributed by atoms with Gasteiger partial charge in [0.05, 0.1) is 0 Å². The summed E-state index contributed by atoms with van der Waals surface area (Å²) in [6, 6.07) is 4.41. The van der Waals surface area contributed by atoms with Crippen molar-refractivity contribution in [3.8, 4) is 0 Å². The van der Waals surface area contributed by atoms with Crippen molar-refractivity contribution in [2.75, 3.05) is 13.1 Å². The molecule has 1 aromatic rings. The van der Waals surface area contributed by atoms with Crippen LogP contribution in [0.4, 0.5) is 4.39 Å². The van der Waals surface area contributed by atoms with E-state index in [1.807, 2.05) is 11.8 Å². The Kier molecular flexibility index (Phi) is 4.20. The number of amides is 1. The molecule has 4 heteroatoms. The number of hydrogen-bond donors (Lipinski definition) is 1. The number of piperidine rings is 1. The van der Waals surface area contributed by atoms with Gasteiger partial charge in [-0.3, -0.25) is 4.79 Å². The van der Waals surface area contributed by atoms with Gasteiger partial charge < -0.3 is 10.6 Å². The second-order valence-electron chi connectivity index (χ2n) is 5.38. The molecule has 104 valence electrons. The van der Waals surface area contributed by atoms with E-state index in [-0.39, 0.29) is 17.8 Å². The Labute approximate surface area is 113 Å². The van der Waals surface area contributed by atoms with Gasteiger partial charge >= 0.3 is 0 Å². The molecule has 1 saturated heterocycles. The van der Waals surface area contributed by atoms with Gasteiger partial charge in [-0.25, -0.2) is 4.39 Å². The third-order valence-electron chi connectivity index (χ3n) is 4.05. The number of aryl methyl sites for hydroxylation is 1. The molecule has 2 N–H and O–H groups in total. The number of halogens is 1. The van der Waals surface area contributed by atoms with Crippen LogP contribution in [0.25, 0.3) is 0 Å². The summed E-state index contributed by atoms with van der Waals surface area (Å²) >= 11 is 0. The van der Waals surface area contributed by atoms with Crippen LogP contribution in [-0.4, -0.2) is 29.9 Å². The third-order valence-corrected chi connectivity index (χ3v) is 4.05. The summed E-state index contributed by atoms with van der Waals surface area (Å²) in [7, 11) is 0. The molecule has 0 spiro atoms. The summed E-state index contributed by atoms with van der Waals surface area (Å²) in [6.45, 7) is 5.12. The Morgan fingerprint density at radius 2 is 2.26 bits per heavy atom. The number of hydrogen-bond acceptors (Lipinski definition) is 2. The Morgan fingerprint density at radius 3 is 2.95 bits per heavy atom. The van der Waals surface area contributed by atoms with Crippen molar-refractivity contribution in [2.45, 2.75) is 32.7 Å². The second-order valence-corrected chi connectivity index (χ2v) is 5.38. The van der Waals surface area contributed by atoms with Crippen LogP contribution < -0.4 is 5.73 Å². The van der Waals surface area contributed by atoms with E-state index < -0.39 is 0 Å². The summed E-state index contributed by atoms with van der Waals surface area (Å²) < 4.78 is 13.3. The maximum Gasteiger partial charge on any atom is 0.254 e. The lowest BCUT2D eigenvalue weighted by Gasteiger charge is -2.39. The molecule has 1 heterocycles. The highest BCUT2D eigenvalue weighted by Gasteiger charge is 2.31. The lowest BCUT2D eigenvalue weighted by atomic mass is 9.90. The molecule has 0 bridgehead atoms. The van der Waals surface area contributed by atoms with Crippen LogP contribution >= 0.6 is 0 Å². The smallest absolute Gasteiger partial charge is 0.254 e. The minimum absolute atomic E-state index is 0.0592. The monoisotopic (exact) mass is 264 g/mol. The third kappa shape index (κ3) is 2.78. The van der Waals surface area contributed by atoms with Crippen molar-refractivity contribution >= 4 is 5.91 Å². The predicted octanol–water partition coefficient (Wildman–Crippen LogP) is 2.33. The summed E-state index contributed by atoms with van der Waals surface area (Å²) in [5.41, 5.74) is 7.06. The summed E-state index contributed by atoms with van der Waals surface area (Å²) in [5, 5.41) is 0. The standard InChI is InChI=1S/C15H21FN2O/c1-10-5-6-12(16)8-13(10)15(19)18-7-3-4-11(2)14(18)9-17/h5-6,8,11,14H,3-4,7,9,17H2,1-2H3. The highest BCUT2D eigenvalue weighted by atomic mass is 19.1. The van der Waals surface area contributed by atoms with Crippen molar-refractivity contribution in [1.29, 1.82) is 0 Å². The first-order valence-corrected chi connectivity index (χ1v) is 6.81. The van der Waals surface area contributed by atoms with Gasteiger partial charge in [0, 0.05) is 24.7 Å². The van der Waals surface area contributed by atoms with Gasteiger partial charge in [-0.2, -0.15) is 0 Å². The number of nitrogens with zero attached hydrogens (tertiary/aromatic N) is 1. The number of likely N-dealkylation sites (tertiary alicyclic amines) is 1. The lowest BCUT2D eigenvalue weighted by molar-refractivity contribution is 0.0531. The van der Waals surface area contributed by atoms with E-state index in [1.54, 1.807) is 6.07 Å². The van der Waals surface area contributed by atoms with E-state index >= 15 is 0 Å². The Bertz CT molecular complexity index is 475. The molecule has 3 nitrogen and oxygen atoms in total. The fourth-order valence-corrected chi connectivity index (χ4v) is 2.84. The van der Waals surface area contributed by atoms with E-state index in [1.165, 1.54) is 12.1 Å². The Hall–Kier alpha value is -1.42. The molecule has 0 aliphatic carbocycles. The summed E-state index contributed by atoms with van der Waals surface area (Å²) in [5.74, 6) is -0.0705. The van der Waals surface area contributed by atoms with Crippen LogP contribution in [0.1, 0.15) is 35.7 Å². The Balaban J connectivity index is 2.29. The van der Waals surface area contributed by atoms with E-state index in [9.17, 15) is 9.18 Å². The topological polar surface area (TPSA) is 46.3 Å². The maximum absolute atomic E-state index is 13.3. The van der Waals surface area contributed by atoms with Gasteiger partial charge in [0.1, 0.15) is 5.82 Å². The second kappa shape index (κ2) is 5.70. The number of carbonyl (C=O) groups is 1. The molecule has 1 aliphatic rings. The quantitative estimate of drug-likeness (QED) is 0.891. The molecule has 2 atom stereocenters. The molecule has 0 saturated carbocycles. The largest absolute Gasteiger partial charge is 0.334 e. The fraction of sp³-hybridized carbons (Fsp3) is 0.533. The highest BCUT2D eigenvalue weighted by molar-refractivity contribution is 5.96. The molecule has 1 aliphatic heterocycles. The SMILES string of the molecule is Cc1ccc(F)cc1C(=O)N1CCCC(C)C1CN. The first-order valence-electron chi connectivity index (χ1n) is 6.81. The maximum atomic E-state index is 13.3. The zero-order valence-electron chi connectivity index (χ0n) is 11.5. The molecule has 1 amide bonds. The van der Waals surface area contributed by atoms with Crippen molar-refractivity contribution in [1.82, 2.24) is 4.90 Å². The van der Waals surface area contributed by atoms with Crippen LogP contribution in [0.5, 0.6) is 0 Å². The van der Waals surface area contributed by atoms with Gasteiger partial charge in [0.15, 0.2) is 0 Å². The Morgan fingerprint density at radius 1 is 1.53 bits per heavy atom. The van der Waals surface area contributed by atoms with E-state index in [4.69, 9.17) is 5.73 Å². The van der Waals surface area contributed by atoms with Gasteiger partial charge in [-0.05, 0) is 43.4 Å². The minimum Gasteiger partial charge on any atom is -0.334 e. The van der Waals surface area contributed by atoms with Crippen molar-refractivity contribution < 1.29 is 9.18 Å². The van der Waals surface area contributed by atoms with Crippen LogP contribution in [-0.2, 0) is 0 Å². The molecular weight excluding hydrogens is 243 g/mol. The van der Waals surface area contributed by atoms with Gasteiger partial charge in [-0.15, -0.1) is 0 Å². The van der Waals surface area contributed by atoms with Gasteiger partial charge in [0.25, 0.3) is 5.91 Å². The predicted molar refractivity (Wildman–Crippen MR) is 73.4 cm³/mol. The molecule has 0 radical (unpaired) electrons.